The highest BCUT2D eigenvalue weighted by Gasteiger charge is 2.42. The molecule has 1 aromatic carbocycles. The van der Waals surface area contributed by atoms with E-state index < -0.39 is 30.5 Å². The van der Waals surface area contributed by atoms with E-state index in [4.69, 9.17) is 4.74 Å². The first-order valence-corrected chi connectivity index (χ1v) is 9.04. The summed E-state index contributed by atoms with van der Waals surface area (Å²) in [6.07, 6.45) is -1.22. The van der Waals surface area contributed by atoms with E-state index in [2.05, 4.69) is 10.3 Å². The molecule has 1 saturated heterocycles. The number of aliphatic hydroxyl groups is 3. The van der Waals surface area contributed by atoms with E-state index in [1.165, 1.54) is 0 Å². The lowest BCUT2D eigenvalue weighted by Crippen LogP contribution is -2.60. The lowest BCUT2D eigenvalue weighted by Gasteiger charge is -2.41. The van der Waals surface area contributed by atoms with Crippen LogP contribution in [-0.2, 0) is 4.74 Å². The maximum absolute atomic E-state index is 12.0. The molecule has 7 nitrogen and oxygen atoms in total. The van der Waals surface area contributed by atoms with Crippen molar-refractivity contribution < 1.29 is 20.1 Å². The number of anilines is 1. The van der Waals surface area contributed by atoms with Gasteiger partial charge in [-0.05, 0) is 43.4 Å². The Balaban J connectivity index is 1.62. The Morgan fingerprint density at radius 1 is 1.23 bits per heavy atom. The molecule has 2 aromatic rings. The molecule has 2 heterocycles. The number of hydrogen-bond acceptors (Lipinski definition) is 6. The molecule has 5 atom stereocenters. The van der Waals surface area contributed by atoms with Gasteiger partial charge in [0.2, 0.25) is 5.56 Å². The Bertz CT molecular complexity index is 863. The van der Waals surface area contributed by atoms with Crippen molar-refractivity contribution in [2.75, 3.05) is 11.9 Å². The van der Waals surface area contributed by atoms with Crippen molar-refractivity contribution in [1.29, 1.82) is 0 Å². The van der Waals surface area contributed by atoms with E-state index in [-0.39, 0.29) is 12.2 Å². The summed E-state index contributed by atoms with van der Waals surface area (Å²) < 4.78 is 5.59. The summed E-state index contributed by atoms with van der Waals surface area (Å²) in [6.45, 7) is 1.43. The van der Waals surface area contributed by atoms with Crippen molar-refractivity contribution in [3.8, 4) is 0 Å². The van der Waals surface area contributed by atoms with Gasteiger partial charge in [-0.25, -0.2) is 0 Å². The molecule has 0 radical (unpaired) electrons. The van der Waals surface area contributed by atoms with Crippen LogP contribution >= 0.6 is 0 Å². The molecule has 140 valence electrons. The van der Waals surface area contributed by atoms with Gasteiger partial charge in [-0.3, -0.25) is 4.79 Å². The van der Waals surface area contributed by atoms with Gasteiger partial charge < -0.3 is 30.4 Å². The first-order valence-electron chi connectivity index (χ1n) is 9.04. The molecule has 4 rings (SSSR count). The fourth-order valence-corrected chi connectivity index (χ4v) is 3.81. The topological polar surface area (TPSA) is 115 Å². The highest BCUT2D eigenvalue weighted by Crippen LogP contribution is 2.42. The average molecular weight is 360 g/mol. The van der Waals surface area contributed by atoms with Crippen LogP contribution in [0, 0.1) is 0 Å². The minimum absolute atomic E-state index is 0.118. The molecule has 0 amide bonds. The lowest BCUT2D eigenvalue weighted by atomic mass is 9.93. The van der Waals surface area contributed by atoms with Crippen LogP contribution < -0.4 is 10.9 Å². The van der Waals surface area contributed by atoms with E-state index in [0.717, 1.165) is 35.0 Å². The molecule has 5 unspecified atom stereocenters. The molecule has 5 N–H and O–H groups in total. The highest BCUT2D eigenvalue weighted by molar-refractivity contribution is 5.86. The molecule has 1 aliphatic carbocycles. The van der Waals surface area contributed by atoms with Crippen LogP contribution in [0.5, 0.6) is 0 Å². The Labute approximate surface area is 150 Å². The van der Waals surface area contributed by atoms with Gasteiger partial charge in [-0.15, -0.1) is 0 Å². The van der Waals surface area contributed by atoms with Crippen molar-refractivity contribution >= 4 is 16.6 Å². The number of pyridine rings is 1. The average Bonchev–Trinajstić information content (AvgIpc) is 3.45. The van der Waals surface area contributed by atoms with Crippen LogP contribution in [0.1, 0.15) is 31.2 Å². The minimum Gasteiger partial charge on any atom is -0.394 e. The number of nitrogens with one attached hydrogen (secondary N) is 2. The summed E-state index contributed by atoms with van der Waals surface area (Å²) >= 11 is 0. The Kier molecular flexibility index (Phi) is 4.48. The maximum Gasteiger partial charge on any atom is 0.248 e. The van der Waals surface area contributed by atoms with Crippen LogP contribution in [-0.4, -0.2) is 57.4 Å². The van der Waals surface area contributed by atoms with Gasteiger partial charge in [0.1, 0.15) is 18.3 Å². The molecule has 2 fully saturated rings. The third-order valence-electron chi connectivity index (χ3n) is 5.40. The molecular weight excluding hydrogens is 336 g/mol. The standard InChI is InChI=1S/C19H24N2O5/c1-9-17(19(25)18(24)15(8-22)26-9)20-11-4-5-12-13(10-2-3-10)7-16(23)21-14(12)6-11/h4-7,9-10,15,17-20,22,24-25H,2-3,8H2,1H3,(H,21,23). The fourth-order valence-electron chi connectivity index (χ4n) is 3.81. The zero-order valence-electron chi connectivity index (χ0n) is 14.6. The predicted molar refractivity (Wildman–Crippen MR) is 97.4 cm³/mol. The summed E-state index contributed by atoms with van der Waals surface area (Å²) in [4.78, 5) is 14.8. The van der Waals surface area contributed by atoms with Gasteiger partial charge >= 0.3 is 0 Å². The first-order chi connectivity index (χ1) is 12.5. The molecule has 0 bridgehead atoms. The summed E-state index contributed by atoms with van der Waals surface area (Å²) in [5.74, 6) is 0.470. The van der Waals surface area contributed by atoms with Crippen LogP contribution in [0.3, 0.4) is 0 Å². The van der Waals surface area contributed by atoms with E-state index in [9.17, 15) is 20.1 Å². The molecule has 2 aliphatic rings. The summed E-state index contributed by atoms with van der Waals surface area (Å²) in [7, 11) is 0. The molecule has 26 heavy (non-hydrogen) atoms. The van der Waals surface area contributed by atoms with Gasteiger partial charge in [0.05, 0.1) is 24.3 Å². The van der Waals surface area contributed by atoms with Gasteiger partial charge in [0, 0.05) is 17.1 Å². The lowest BCUT2D eigenvalue weighted by molar-refractivity contribution is -0.180. The van der Waals surface area contributed by atoms with E-state index in [0.29, 0.717) is 5.92 Å². The first kappa shape index (κ1) is 17.5. The molecule has 1 aliphatic heterocycles. The zero-order valence-corrected chi connectivity index (χ0v) is 14.6. The summed E-state index contributed by atoms with van der Waals surface area (Å²) in [5, 5.41) is 34.0. The summed E-state index contributed by atoms with van der Waals surface area (Å²) in [6, 6.07) is 6.85. The van der Waals surface area contributed by atoms with Crippen LogP contribution in [0.15, 0.2) is 29.1 Å². The number of H-pyrrole nitrogens is 1. The van der Waals surface area contributed by atoms with Gasteiger partial charge in [-0.1, -0.05) is 6.07 Å². The second kappa shape index (κ2) is 6.66. The van der Waals surface area contributed by atoms with Crippen molar-refractivity contribution in [3.63, 3.8) is 0 Å². The largest absolute Gasteiger partial charge is 0.394 e. The van der Waals surface area contributed by atoms with Crippen molar-refractivity contribution in [2.45, 2.75) is 56.1 Å². The van der Waals surface area contributed by atoms with Crippen LogP contribution in [0.25, 0.3) is 10.9 Å². The number of rotatable bonds is 4. The molecule has 7 heteroatoms. The Morgan fingerprint density at radius 3 is 2.69 bits per heavy atom. The molecule has 0 spiro atoms. The van der Waals surface area contributed by atoms with Crippen molar-refractivity contribution in [1.82, 2.24) is 4.98 Å². The predicted octanol–water partition coefficient (Wildman–Crippen LogP) is 0.687. The van der Waals surface area contributed by atoms with Crippen molar-refractivity contribution in [2.24, 2.45) is 0 Å². The second-order valence-corrected chi connectivity index (χ2v) is 7.34. The minimum atomic E-state index is -1.17. The van der Waals surface area contributed by atoms with Crippen molar-refractivity contribution in [3.05, 3.63) is 40.2 Å². The maximum atomic E-state index is 12.0. The quantitative estimate of drug-likeness (QED) is 0.548. The highest BCUT2D eigenvalue weighted by atomic mass is 16.5. The normalized spacial score (nSPS) is 31.9. The number of aromatic amines is 1. The molecule has 1 saturated carbocycles. The number of fused-ring (bicyclic) bond motifs is 1. The van der Waals surface area contributed by atoms with E-state index in [1.807, 2.05) is 18.2 Å². The second-order valence-electron chi connectivity index (χ2n) is 7.34. The van der Waals surface area contributed by atoms with Gasteiger partial charge in [0.25, 0.3) is 0 Å². The monoisotopic (exact) mass is 360 g/mol. The summed E-state index contributed by atoms with van der Waals surface area (Å²) in [5.41, 5.74) is 2.44. The number of aromatic nitrogens is 1. The SMILES string of the molecule is CC1OC(CO)C(O)C(O)C1Nc1ccc2c(C3CC3)cc(=O)[nH]c2c1. The van der Waals surface area contributed by atoms with E-state index in [1.54, 1.807) is 13.0 Å². The number of benzene rings is 1. The smallest absolute Gasteiger partial charge is 0.248 e. The van der Waals surface area contributed by atoms with Crippen LogP contribution in [0.2, 0.25) is 0 Å². The zero-order chi connectivity index (χ0) is 18.4. The third kappa shape index (κ3) is 3.12. The molecule has 1 aromatic heterocycles. The fraction of sp³-hybridized carbons (Fsp3) is 0.526. The van der Waals surface area contributed by atoms with Gasteiger partial charge in [0.15, 0.2) is 0 Å². The Hall–Kier alpha value is -1.93. The van der Waals surface area contributed by atoms with E-state index >= 15 is 0 Å². The number of hydrogen-bond donors (Lipinski definition) is 5. The van der Waals surface area contributed by atoms with Crippen LogP contribution in [0.4, 0.5) is 5.69 Å². The number of ether oxygens (including phenoxy) is 1. The Morgan fingerprint density at radius 2 is 2.00 bits per heavy atom. The number of aliphatic hydroxyl groups excluding tert-OH is 3. The van der Waals surface area contributed by atoms with Gasteiger partial charge in [-0.2, -0.15) is 0 Å². The molecular formula is C19H24N2O5. The third-order valence-corrected chi connectivity index (χ3v) is 5.40.